The van der Waals surface area contributed by atoms with Crippen LogP contribution in [0.25, 0.3) is 0 Å². The van der Waals surface area contributed by atoms with Crippen molar-refractivity contribution in [3.05, 3.63) is 60.2 Å². The van der Waals surface area contributed by atoms with E-state index in [0.29, 0.717) is 18.3 Å². The molecule has 2 aliphatic rings. The van der Waals surface area contributed by atoms with Crippen molar-refractivity contribution in [3.63, 3.8) is 0 Å². The van der Waals surface area contributed by atoms with Crippen molar-refractivity contribution in [2.45, 2.75) is 89.8 Å². The van der Waals surface area contributed by atoms with Crippen molar-refractivity contribution in [2.24, 2.45) is 17.3 Å². The highest BCUT2D eigenvalue weighted by Crippen LogP contribution is 2.58. The molecular formula is C29H42O4. The summed E-state index contributed by atoms with van der Waals surface area (Å²) in [6.07, 6.45) is 18.8. The van der Waals surface area contributed by atoms with Crippen molar-refractivity contribution < 1.29 is 19.7 Å². The zero-order valence-electron chi connectivity index (χ0n) is 20.2. The molecule has 0 unspecified atom stereocenters. The largest absolute Gasteiger partial charge is 0.481 e. The molecule has 1 aromatic rings. The minimum Gasteiger partial charge on any atom is -0.481 e. The Labute approximate surface area is 199 Å². The molecule has 1 aliphatic heterocycles. The third-order valence-corrected chi connectivity index (χ3v) is 7.60. The molecule has 1 aromatic carbocycles. The smallest absolute Gasteiger partial charge is 0.303 e. The van der Waals surface area contributed by atoms with E-state index in [9.17, 15) is 9.90 Å². The van der Waals surface area contributed by atoms with Crippen LogP contribution < -0.4 is 0 Å². The topological polar surface area (TPSA) is 66.8 Å². The van der Waals surface area contributed by atoms with E-state index < -0.39 is 5.97 Å². The number of aryl methyl sites for hydroxylation is 1. The molecule has 2 fully saturated rings. The molecule has 1 heterocycles. The highest BCUT2D eigenvalue weighted by molar-refractivity contribution is 5.66. The number of aliphatic hydroxyl groups is 1. The van der Waals surface area contributed by atoms with Gasteiger partial charge in [-0.1, -0.05) is 80.8 Å². The molecule has 0 spiro atoms. The lowest BCUT2D eigenvalue weighted by molar-refractivity contribution is -0.137. The first kappa shape index (κ1) is 25.7. The van der Waals surface area contributed by atoms with Crippen LogP contribution in [0, 0.1) is 17.3 Å². The van der Waals surface area contributed by atoms with E-state index in [1.807, 2.05) is 6.08 Å². The number of unbranched alkanes of at least 4 members (excludes halogenated alkanes) is 3. The van der Waals surface area contributed by atoms with Crippen molar-refractivity contribution in [3.8, 4) is 0 Å². The van der Waals surface area contributed by atoms with Crippen LogP contribution in [0.2, 0.25) is 0 Å². The van der Waals surface area contributed by atoms with Gasteiger partial charge < -0.3 is 14.9 Å². The number of aliphatic hydroxyl groups excluding tert-OH is 1. The molecule has 1 saturated carbocycles. The Bertz CT molecular complexity index is 771. The predicted molar refractivity (Wildman–Crippen MR) is 133 cm³/mol. The van der Waals surface area contributed by atoms with Gasteiger partial charge in [-0.25, -0.2) is 0 Å². The summed E-state index contributed by atoms with van der Waals surface area (Å²) < 4.78 is 6.27. The monoisotopic (exact) mass is 454 g/mol. The first-order valence-electron chi connectivity index (χ1n) is 12.9. The lowest BCUT2D eigenvalue weighted by atomic mass is 9.70. The molecule has 2 N–H and O–H groups in total. The maximum Gasteiger partial charge on any atom is 0.303 e. The second-order valence-corrected chi connectivity index (χ2v) is 10.0. The molecule has 33 heavy (non-hydrogen) atoms. The van der Waals surface area contributed by atoms with Gasteiger partial charge in [0.05, 0.1) is 18.8 Å². The van der Waals surface area contributed by atoms with Crippen LogP contribution in [-0.2, 0) is 16.0 Å². The normalized spacial score (nSPS) is 27.6. The summed E-state index contributed by atoms with van der Waals surface area (Å²) in [5.74, 6) is 0.102. The van der Waals surface area contributed by atoms with Crippen LogP contribution in [0.3, 0.4) is 0 Å². The van der Waals surface area contributed by atoms with E-state index in [4.69, 9.17) is 9.84 Å². The SMILES string of the molecule is CCCCC[C@@H](O)/C=C/[C@@H]1[C@@H](C/C=C\CCCC(=O)O)[C@@]2(CCc3ccccc3)CO[C@@H]1C2. The van der Waals surface area contributed by atoms with Gasteiger partial charge in [-0.05, 0) is 56.4 Å². The molecule has 0 amide bonds. The van der Waals surface area contributed by atoms with E-state index in [-0.39, 0.29) is 24.0 Å². The van der Waals surface area contributed by atoms with Crippen LogP contribution in [0.1, 0.15) is 76.7 Å². The highest BCUT2D eigenvalue weighted by Gasteiger charge is 2.56. The third kappa shape index (κ3) is 7.55. The summed E-state index contributed by atoms with van der Waals surface area (Å²) in [6, 6.07) is 10.7. The van der Waals surface area contributed by atoms with Gasteiger partial charge in [-0.3, -0.25) is 4.79 Å². The minimum absolute atomic E-state index is 0.175. The summed E-state index contributed by atoms with van der Waals surface area (Å²) in [6.45, 7) is 3.01. The number of aliphatic carboxylic acids is 1. The molecule has 0 aromatic heterocycles. The maximum atomic E-state index is 10.7. The number of carboxylic acid groups (broad SMARTS) is 1. The molecule has 4 heteroatoms. The number of hydrogen-bond donors (Lipinski definition) is 2. The van der Waals surface area contributed by atoms with Gasteiger partial charge in [0.2, 0.25) is 0 Å². The maximum absolute atomic E-state index is 10.7. The summed E-state index contributed by atoms with van der Waals surface area (Å²) in [5.41, 5.74) is 1.55. The number of allylic oxidation sites excluding steroid dienone is 2. The highest BCUT2D eigenvalue weighted by atomic mass is 16.5. The molecule has 2 bridgehead atoms. The Morgan fingerprint density at radius 1 is 1.21 bits per heavy atom. The summed E-state index contributed by atoms with van der Waals surface area (Å²) in [5, 5.41) is 19.3. The van der Waals surface area contributed by atoms with Crippen LogP contribution in [0.4, 0.5) is 0 Å². The van der Waals surface area contributed by atoms with Gasteiger partial charge in [-0.15, -0.1) is 0 Å². The predicted octanol–water partition coefficient (Wildman–Crippen LogP) is 6.34. The van der Waals surface area contributed by atoms with E-state index in [1.54, 1.807) is 0 Å². The quantitative estimate of drug-likeness (QED) is 0.240. The van der Waals surface area contributed by atoms with E-state index >= 15 is 0 Å². The number of hydrogen-bond acceptors (Lipinski definition) is 3. The van der Waals surface area contributed by atoms with Crippen LogP contribution in [-0.4, -0.2) is 35.0 Å². The molecular weight excluding hydrogens is 412 g/mol. The van der Waals surface area contributed by atoms with Crippen molar-refractivity contribution in [2.75, 3.05) is 6.61 Å². The zero-order chi connectivity index (χ0) is 23.5. The summed E-state index contributed by atoms with van der Waals surface area (Å²) >= 11 is 0. The number of carboxylic acids is 1. The molecule has 4 nitrogen and oxygen atoms in total. The average molecular weight is 455 g/mol. The van der Waals surface area contributed by atoms with Crippen LogP contribution in [0.5, 0.6) is 0 Å². The Morgan fingerprint density at radius 2 is 2.03 bits per heavy atom. The lowest BCUT2D eigenvalue weighted by Gasteiger charge is -2.38. The number of carbonyl (C=O) groups is 1. The van der Waals surface area contributed by atoms with Crippen molar-refractivity contribution >= 4 is 5.97 Å². The minimum atomic E-state index is -0.726. The first-order chi connectivity index (χ1) is 16.0. The molecule has 5 atom stereocenters. The van der Waals surface area contributed by atoms with E-state index in [2.05, 4.69) is 55.5 Å². The van der Waals surface area contributed by atoms with Gasteiger partial charge in [0.1, 0.15) is 0 Å². The van der Waals surface area contributed by atoms with Gasteiger partial charge >= 0.3 is 5.97 Å². The summed E-state index contributed by atoms with van der Waals surface area (Å²) in [7, 11) is 0. The number of benzene rings is 1. The molecule has 1 saturated heterocycles. The van der Waals surface area contributed by atoms with Gasteiger partial charge in [0.15, 0.2) is 0 Å². The second-order valence-electron chi connectivity index (χ2n) is 10.0. The molecule has 182 valence electrons. The van der Waals surface area contributed by atoms with E-state index in [1.165, 1.54) is 12.0 Å². The fraction of sp³-hybridized carbons (Fsp3) is 0.621. The fourth-order valence-corrected chi connectivity index (χ4v) is 5.72. The summed E-state index contributed by atoms with van der Waals surface area (Å²) in [4.78, 5) is 10.7. The first-order valence-corrected chi connectivity index (χ1v) is 12.9. The van der Waals surface area contributed by atoms with Gasteiger partial charge in [0.25, 0.3) is 0 Å². The third-order valence-electron chi connectivity index (χ3n) is 7.60. The standard InChI is InChI=1S/C29H42O4/c1-2-3-7-14-24(30)17-18-25-26(15-10-4-5-11-16-28(31)32)29(21-27(25)33-22-29)20-19-23-12-8-6-9-13-23/h4,6,8-10,12-13,17-18,24-27,30H,2-3,5,7,11,14-16,19-22H2,1H3,(H,31,32)/b10-4-,18-17+/t24-,25-,26-,27-,29-/m1/s1. The van der Waals surface area contributed by atoms with E-state index in [0.717, 1.165) is 58.0 Å². The van der Waals surface area contributed by atoms with Crippen molar-refractivity contribution in [1.29, 1.82) is 0 Å². The number of ether oxygens (including phenoxy) is 1. The van der Waals surface area contributed by atoms with Gasteiger partial charge in [0, 0.05) is 17.8 Å². The number of fused-ring (bicyclic) bond motifs is 2. The Balaban J connectivity index is 1.65. The zero-order valence-corrected chi connectivity index (χ0v) is 20.2. The fourth-order valence-electron chi connectivity index (χ4n) is 5.72. The Hall–Kier alpha value is -1.91. The Kier molecular flexibility index (Phi) is 10.2. The number of rotatable bonds is 15. The molecule has 1 aliphatic carbocycles. The second kappa shape index (κ2) is 13.1. The lowest BCUT2D eigenvalue weighted by Crippen LogP contribution is -2.36. The van der Waals surface area contributed by atoms with Crippen LogP contribution >= 0.6 is 0 Å². The van der Waals surface area contributed by atoms with Crippen LogP contribution in [0.15, 0.2) is 54.6 Å². The molecule has 0 radical (unpaired) electrons. The molecule has 3 rings (SSSR count). The van der Waals surface area contributed by atoms with Crippen molar-refractivity contribution in [1.82, 2.24) is 0 Å². The Morgan fingerprint density at radius 3 is 2.79 bits per heavy atom. The van der Waals surface area contributed by atoms with Gasteiger partial charge in [-0.2, -0.15) is 0 Å². The average Bonchev–Trinajstić information content (AvgIpc) is 3.36.